The summed E-state index contributed by atoms with van der Waals surface area (Å²) in [4.78, 5) is 13.0. The largest absolute Gasteiger partial charge is 0.275 e. The number of sulfone groups is 1. The quantitative estimate of drug-likeness (QED) is 0.614. The zero-order chi connectivity index (χ0) is 22.2. The third kappa shape index (κ3) is 3.81. The molecule has 0 unspecified atom stereocenters. The Morgan fingerprint density at radius 2 is 1.60 bits per heavy atom. The molecule has 0 atom stereocenters. The fourth-order valence-corrected chi connectivity index (χ4v) is 4.91. The Labute approximate surface area is 176 Å². The van der Waals surface area contributed by atoms with Crippen LogP contribution >= 0.6 is 0 Å². The molecule has 0 aliphatic carbocycles. The number of rotatable bonds is 5. The fourth-order valence-electron chi connectivity index (χ4n) is 3.85. The number of hydrogen-bond acceptors (Lipinski definition) is 4. The van der Waals surface area contributed by atoms with E-state index in [0.717, 1.165) is 27.6 Å². The maximum atomic E-state index is 14.6. The van der Waals surface area contributed by atoms with Gasteiger partial charge in [-0.15, -0.1) is 0 Å². The van der Waals surface area contributed by atoms with Gasteiger partial charge in [0.25, 0.3) is 5.56 Å². The Bertz CT molecular complexity index is 1270. The van der Waals surface area contributed by atoms with E-state index in [0.29, 0.717) is 18.4 Å². The molecule has 0 N–H and O–H groups in total. The van der Waals surface area contributed by atoms with Crippen LogP contribution in [0.4, 0.5) is 4.39 Å². The summed E-state index contributed by atoms with van der Waals surface area (Å²) in [5, 5.41) is 4.17. The molecule has 1 aromatic heterocycles. The van der Waals surface area contributed by atoms with Crippen molar-refractivity contribution in [2.45, 2.75) is 38.5 Å². The summed E-state index contributed by atoms with van der Waals surface area (Å²) in [6.45, 7) is 5.89. The van der Waals surface area contributed by atoms with Gasteiger partial charge >= 0.3 is 0 Å². The second kappa shape index (κ2) is 8.14. The van der Waals surface area contributed by atoms with E-state index in [4.69, 9.17) is 0 Å². The van der Waals surface area contributed by atoms with E-state index >= 15 is 0 Å². The molecule has 0 fully saturated rings. The minimum absolute atomic E-state index is 0.0398. The molecule has 0 radical (unpaired) electrons. The lowest BCUT2D eigenvalue weighted by atomic mass is 9.90. The van der Waals surface area contributed by atoms with Gasteiger partial charge in [-0.25, -0.2) is 17.5 Å². The van der Waals surface area contributed by atoms with Gasteiger partial charge in [0.05, 0.1) is 5.56 Å². The average molecular weight is 429 g/mol. The molecule has 3 aromatic rings. The molecule has 158 valence electrons. The summed E-state index contributed by atoms with van der Waals surface area (Å²) in [5.74, 6) is -0.602. The van der Waals surface area contributed by atoms with Crippen LogP contribution in [0.15, 0.2) is 46.1 Å². The second-order valence-electron chi connectivity index (χ2n) is 7.40. The van der Waals surface area contributed by atoms with Gasteiger partial charge in [-0.1, -0.05) is 43.7 Å². The van der Waals surface area contributed by atoms with E-state index in [9.17, 15) is 17.6 Å². The topological polar surface area (TPSA) is 69.0 Å². The van der Waals surface area contributed by atoms with Crippen molar-refractivity contribution in [2.24, 2.45) is 7.05 Å². The van der Waals surface area contributed by atoms with E-state index < -0.39 is 21.2 Å². The van der Waals surface area contributed by atoms with E-state index in [1.165, 1.54) is 25.2 Å². The number of aromatic nitrogens is 2. The molecule has 7 heteroatoms. The van der Waals surface area contributed by atoms with Crippen molar-refractivity contribution in [1.82, 2.24) is 9.78 Å². The van der Waals surface area contributed by atoms with Crippen LogP contribution in [0.1, 0.15) is 30.5 Å². The molecule has 1 heterocycles. The normalized spacial score (nSPS) is 11.7. The first-order valence-electron chi connectivity index (χ1n) is 9.79. The Morgan fingerprint density at radius 1 is 1.03 bits per heavy atom. The van der Waals surface area contributed by atoms with Crippen molar-refractivity contribution in [3.05, 3.63) is 69.3 Å². The summed E-state index contributed by atoms with van der Waals surface area (Å²) in [7, 11) is -2.47. The highest BCUT2D eigenvalue weighted by Gasteiger charge is 2.29. The molecular weight excluding hydrogens is 403 g/mol. The summed E-state index contributed by atoms with van der Waals surface area (Å²) < 4.78 is 41.6. The van der Waals surface area contributed by atoms with E-state index in [1.807, 2.05) is 32.9 Å². The molecule has 5 nitrogen and oxygen atoms in total. The van der Waals surface area contributed by atoms with Gasteiger partial charge in [-0.05, 0) is 48.6 Å². The van der Waals surface area contributed by atoms with Crippen molar-refractivity contribution >= 4 is 9.84 Å². The maximum Gasteiger partial charge on any atom is 0.275 e. The molecule has 0 amide bonds. The van der Waals surface area contributed by atoms with Gasteiger partial charge in [0.15, 0.2) is 9.84 Å². The Kier molecular flexibility index (Phi) is 5.94. The van der Waals surface area contributed by atoms with Gasteiger partial charge in [0, 0.05) is 18.9 Å². The summed E-state index contributed by atoms with van der Waals surface area (Å²) in [5.41, 5.74) is 2.90. The van der Waals surface area contributed by atoms with Crippen molar-refractivity contribution in [3.8, 4) is 22.4 Å². The molecule has 0 bridgehead atoms. The van der Waals surface area contributed by atoms with Gasteiger partial charge in [0.2, 0.25) is 0 Å². The van der Waals surface area contributed by atoms with Crippen LogP contribution < -0.4 is 5.56 Å². The molecule has 0 spiro atoms. The number of hydrogen-bond donors (Lipinski definition) is 0. The molecule has 0 aliphatic heterocycles. The van der Waals surface area contributed by atoms with Gasteiger partial charge in [-0.3, -0.25) is 4.79 Å². The van der Waals surface area contributed by atoms with Gasteiger partial charge in [0.1, 0.15) is 16.4 Å². The third-order valence-corrected chi connectivity index (χ3v) is 6.30. The Balaban J connectivity index is 2.61. The van der Waals surface area contributed by atoms with Crippen LogP contribution in [0.5, 0.6) is 0 Å². The predicted octanol–water partition coefficient (Wildman–Crippen LogP) is 4.09. The van der Waals surface area contributed by atoms with Crippen molar-refractivity contribution in [3.63, 3.8) is 0 Å². The number of halogens is 1. The number of benzene rings is 2. The highest BCUT2D eigenvalue weighted by atomic mass is 32.2. The van der Waals surface area contributed by atoms with Crippen LogP contribution in [-0.2, 0) is 29.7 Å². The molecule has 3 rings (SSSR count). The standard InChI is InChI=1S/C23H25FN2O3S/c1-6-15-12-14(3)13-16(7-2)19(15)20-22(30(5,28)29)21(25-26(4)23(20)27)17-10-8-9-11-18(17)24/h8-13H,6-7H2,1-5H3. The smallest absolute Gasteiger partial charge is 0.267 e. The lowest BCUT2D eigenvalue weighted by Gasteiger charge is -2.19. The number of nitrogens with zero attached hydrogens (tertiary/aromatic N) is 2. The van der Waals surface area contributed by atoms with Crippen LogP contribution in [0.3, 0.4) is 0 Å². The van der Waals surface area contributed by atoms with Crippen LogP contribution in [0, 0.1) is 12.7 Å². The maximum absolute atomic E-state index is 14.6. The van der Waals surface area contributed by atoms with Crippen molar-refractivity contribution in [1.29, 1.82) is 0 Å². The van der Waals surface area contributed by atoms with Gasteiger partial charge < -0.3 is 0 Å². The molecule has 30 heavy (non-hydrogen) atoms. The summed E-state index contributed by atoms with van der Waals surface area (Å²) in [6, 6.07) is 9.77. The zero-order valence-corrected chi connectivity index (χ0v) is 18.6. The molecule has 0 aliphatic rings. The minimum atomic E-state index is -3.92. The molecule has 2 aromatic carbocycles. The van der Waals surface area contributed by atoms with Crippen molar-refractivity contribution in [2.75, 3.05) is 6.26 Å². The Morgan fingerprint density at radius 3 is 2.10 bits per heavy atom. The van der Waals surface area contributed by atoms with Crippen LogP contribution in [0.25, 0.3) is 22.4 Å². The molecule has 0 saturated heterocycles. The van der Waals surface area contributed by atoms with E-state index in [-0.39, 0.29) is 21.7 Å². The van der Waals surface area contributed by atoms with Gasteiger partial charge in [-0.2, -0.15) is 5.10 Å². The van der Waals surface area contributed by atoms with E-state index in [1.54, 1.807) is 6.07 Å². The predicted molar refractivity (Wildman–Crippen MR) is 117 cm³/mol. The Hall–Kier alpha value is -2.80. The summed E-state index contributed by atoms with van der Waals surface area (Å²) >= 11 is 0. The highest BCUT2D eigenvalue weighted by molar-refractivity contribution is 7.91. The van der Waals surface area contributed by atoms with E-state index in [2.05, 4.69) is 5.10 Å². The number of aryl methyl sites for hydroxylation is 4. The molecule has 0 saturated carbocycles. The zero-order valence-electron chi connectivity index (χ0n) is 17.8. The first kappa shape index (κ1) is 21.9. The third-order valence-electron chi connectivity index (χ3n) is 5.16. The molecular formula is C23H25FN2O3S. The first-order valence-corrected chi connectivity index (χ1v) is 11.7. The minimum Gasteiger partial charge on any atom is -0.267 e. The first-order chi connectivity index (χ1) is 14.1. The van der Waals surface area contributed by atoms with Crippen LogP contribution in [-0.4, -0.2) is 24.5 Å². The van der Waals surface area contributed by atoms with Crippen LogP contribution in [0.2, 0.25) is 0 Å². The van der Waals surface area contributed by atoms with Crippen molar-refractivity contribution < 1.29 is 12.8 Å². The highest BCUT2D eigenvalue weighted by Crippen LogP contribution is 2.37. The lowest BCUT2D eigenvalue weighted by molar-refractivity contribution is 0.598. The lowest BCUT2D eigenvalue weighted by Crippen LogP contribution is -2.26. The SMILES string of the molecule is CCc1cc(C)cc(CC)c1-c1c(S(C)(=O)=O)c(-c2ccccc2F)nn(C)c1=O. The fraction of sp³-hybridized carbons (Fsp3) is 0.304. The average Bonchev–Trinajstić information content (AvgIpc) is 2.68. The summed E-state index contributed by atoms with van der Waals surface area (Å²) in [6.07, 6.45) is 2.27. The monoisotopic (exact) mass is 428 g/mol. The second-order valence-corrected chi connectivity index (χ2v) is 9.35.